The zero-order chi connectivity index (χ0) is 13.5. The molecule has 2 amide bonds. The Morgan fingerprint density at radius 2 is 1.89 bits per heavy atom. The number of aliphatic hydroxyl groups is 1. The number of halogens is 1. The number of benzene rings is 1. The van der Waals surface area contributed by atoms with E-state index in [0.717, 1.165) is 0 Å². The van der Waals surface area contributed by atoms with Crippen molar-refractivity contribution in [2.24, 2.45) is 0 Å². The molecular formula is C12H15ClN2O3. The lowest BCUT2D eigenvalue weighted by Gasteiger charge is -2.08. The monoisotopic (exact) mass is 270 g/mol. The van der Waals surface area contributed by atoms with Crippen LogP contribution in [0.3, 0.4) is 0 Å². The van der Waals surface area contributed by atoms with Gasteiger partial charge in [-0.2, -0.15) is 0 Å². The van der Waals surface area contributed by atoms with Crippen LogP contribution in [0.5, 0.6) is 0 Å². The van der Waals surface area contributed by atoms with E-state index in [-0.39, 0.29) is 24.9 Å². The summed E-state index contributed by atoms with van der Waals surface area (Å²) in [5, 5.41) is 14.5. The smallest absolute Gasteiger partial charge is 0.251 e. The van der Waals surface area contributed by atoms with Crippen LogP contribution in [0.25, 0.3) is 0 Å². The SMILES string of the molecule is C[C@H](O)CNC(=O)CNC(=O)c1ccc(Cl)cc1. The summed E-state index contributed by atoms with van der Waals surface area (Å²) in [4.78, 5) is 22.9. The van der Waals surface area contributed by atoms with Crippen molar-refractivity contribution in [1.29, 1.82) is 0 Å². The van der Waals surface area contributed by atoms with E-state index in [1.807, 2.05) is 0 Å². The van der Waals surface area contributed by atoms with E-state index in [4.69, 9.17) is 16.7 Å². The quantitative estimate of drug-likeness (QED) is 0.732. The summed E-state index contributed by atoms with van der Waals surface area (Å²) in [6, 6.07) is 6.35. The maximum Gasteiger partial charge on any atom is 0.251 e. The van der Waals surface area contributed by atoms with Crippen LogP contribution < -0.4 is 10.6 Å². The summed E-state index contributed by atoms with van der Waals surface area (Å²) in [6.45, 7) is 1.59. The topological polar surface area (TPSA) is 78.4 Å². The van der Waals surface area contributed by atoms with Crippen LogP contribution >= 0.6 is 11.6 Å². The minimum Gasteiger partial charge on any atom is -0.392 e. The maximum atomic E-state index is 11.6. The van der Waals surface area contributed by atoms with E-state index in [0.29, 0.717) is 10.6 Å². The number of hydrogen-bond acceptors (Lipinski definition) is 3. The first-order valence-corrected chi connectivity index (χ1v) is 5.85. The second-order valence-electron chi connectivity index (χ2n) is 3.84. The summed E-state index contributed by atoms with van der Waals surface area (Å²) >= 11 is 5.70. The first-order chi connectivity index (χ1) is 8.49. The van der Waals surface area contributed by atoms with Crippen molar-refractivity contribution in [3.63, 3.8) is 0 Å². The van der Waals surface area contributed by atoms with Crippen LogP contribution in [0.15, 0.2) is 24.3 Å². The Balaban J connectivity index is 2.37. The third-order valence-electron chi connectivity index (χ3n) is 2.11. The third-order valence-corrected chi connectivity index (χ3v) is 2.36. The predicted molar refractivity (Wildman–Crippen MR) is 68.5 cm³/mol. The maximum absolute atomic E-state index is 11.6. The van der Waals surface area contributed by atoms with Crippen molar-refractivity contribution in [2.75, 3.05) is 13.1 Å². The molecular weight excluding hydrogens is 256 g/mol. The van der Waals surface area contributed by atoms with Gasteiger partial charge >= 0.3 is 0 Å². The highest BCUT2D eigenvalue weighted by Crippen LogP contribution is 2.09. The Morgan fingerprint density at radius 1 is 1.28 bits per heavy atom. The number of aliphatic hydroxyl groups excluding tert-OH is 1. The fraction of sp³-hybridized carbons (Fsp3) is 0.333. The van der Waals surface area contributed by atoms with Gasteiger partial charge in [-0.25, -0.2) is 0 Å². The van der Waals surface area contributed by atoms with E-state index >= 15 is 0 Å². The molecule has 1 aromatic carbocycles. The Kier molecular flexibility index (Phi) is 5.61. The molecule has 6 heteroatoms. The zero-order valence-electron chi connectivity index (χ0n) is 9.94. The zero-order valence-corrected chi connectivity index (χ0v) is 10.7. The van der Waals surface area contributed by atoms with Gasteiger partial charge in [0.1, 0.15) is 0 Å². The standard InChI is InChI=1S/C12H15ClN2O3/c1-8(16)6-14-11(17)7-15-12(18)9-2-4-10(13)5-3-9/h2-5,8,16H,6-7H2,1H3,(H,14,17)(H,15,18)/t8-/m0/s1. The summed E-state index contributed by atoms with van der Waals surface area (Å²) in [5.41, 5.74) is 0.433. The lowest BCUT2D eigenvalue weighted by atomic mass is 10.2. The van der Waals surface area contributed by atoms with Gasteiger partial charge in [0.15, 0.2) is 0 Å². The average molecular weight is 271 g/mol. The molecule has 0 aromatic heterocycles. The van der Waals surface area contributed by atoms with Crippen LogP contribution in [0, 0.1) is 0 Å². The lowest BCUT2D eigenvalue weighted by Crippen LogP contribution is -2.39. The lowest BCUT2D eigenvalue weighted by molar-refractivity contribution is -0.120. The second kappa shape index (κ2) is 6.98. The van der Waals surface area contributed by atoms with Crippen LogP contribution in [0.4, 0.5) is 0 Å². The molecule has 0 aliphatic heterocycles. The molecule has 0 spiro atoms. The van der Waals surface area contributed by atoms with Crippen molar-refractivity contribution in [3.05, 3.63) is 34.9 Å². The molecule has 98 valence electrons. The molecule has 0 saturated carbocycles. The number of rotatable bonds is 5. The minimum absolute atomic E-state index is 0.131. The van der Waals surface area contributed by atoms with Gasteiger partial charge in [-0.15, -0.1) is 0 Å². The first kappa shape index (κ1) is 14.5. The Morgan fingerprint density at radius 3 is 2.44 bits per heavy atom. The molecule has 0 heterocycles. The largest absolute Gasteiger partial charge is 0.392 e. The molecule has 0 saturated heterocycles. The Labute approximate surface area is 110 Å². The highest BCUT2D eigenvalue weighted by Gasteiger charge is 2.08. The molecule has 1 rings (SSSR count). The van der Waals surface area contributed by atoms with Crippen LogP contribution in [0.1, 0.15) is 17.3 Å². The summed E-state index contributed by atoms with van der Waals surface area (Å²) in [5.74, 6) is -0.697. The number of hydrogen-bond donors (Lipinski definition) is 3. The van der Waals surface area contributed by atoms with Gasteiger partial charge < -0.3 is 15.7 Å². The molecule has 0 unspecified atom stereocenters. The van der Waals surface area contributed by atoms with E-state index in [1.54, 1.807) is 31.2 Å². The summed E-state index contributed by atoms with van der Waals surface area (Å²) in [7, 11) is 0. The number of nitrogens with one attached hydrogen (secondary N) is 2. The molecule has 5 nitrogen and oxygen atoms in total. The Bertz CT molecular complexity index is 418. The molecule has 1 aromatic rings. The fourth-order valence-electron chi connectivity index (χ4n) is 1.19. The van der Waals surface area contributed by atoms with Crippen LogP contribution in [-0.4, -0.2) is 36.1 Å². The highest BCUT2D eigenvalue weighted by atomic mass is 35.5. The van der Waals surface area contributed by atoms with E-state index in [1.165, 1.54) is 0 Å². The number of carbonyl (C=O) groups is 2. The third kappa shape index (κ3) is 5.16. The number of carbonyl (C=O) groups excluding carboxylic acids is 2. The van der Waals surface area contributed by atoms with Gasteiger partial charge in [0.2, 0.25) is 5.91 Å². The van der Waals surface area contributed by atoms with Crippen molar-refractivity contribution >= 4 is 23.4 Å². The highest BCUT2D eigenvalue weighted by molar-refractivity contribution is 6.30. The predicted octanol–water partition coefficient (Wildman–Crippen LogP) is 0.567. The average Bonchev–Trinajstić information content (AvgIpc) is 2.34. The van der Waals surface area contributed by atoms with Gasteiger partial charge in [-0.1, -0.05) is 11.6 Å². The van der Waals surface area contributed by atoms with Crippen molar-refractivity contribution in [3.8, 4) is 0 Å². The first-order valence-electron chi connectivity index (χ1n) is 5.47. The molecule has 18 heavy (non-hydrogen) atoms. The van der Waals surface area contributed by atoms with Gasteiger partial charge in [0, 0.05) is 17.1 Å². The van der Waals surface area contributed by atoms with Crippen molar-refractivity contribution < 1.29 is 14.7 Å². The van der Waals surface area contributed by atoms with E-state index in [2.05, 4.69) is 10.6 Å². The van der Waals surface area contributed by atoms with Gasteiger partial charge in [-0.3, -0.25) is 9.59 Å². The molecule has 1 atom stereocenters. The Hall–Kier alpha value is -1.59. The molecule has 0 fully saturated rings. The normalized spacial score (nSPS) is 11.7. The number of amides is 2. The second-order valence-corrected chi connectivity index (χ2v) is 4.28. The van der Waals surface area contributed by atoms with E-state index < -0.39 is 6.10 Å². The fourth-order valence-corrected chi connectivity index (χ4v) is 1.31. The van der Waals surface area contributed by atoms with Crippen LogP contribution in [0.2, 0.25) is 5.02 Å². The van der Waals surface area contributed by atoms with Gasteiger partial charge in [0.05, 0.1) is 12.6 Å². The van der Waals surface area contributed by atoms with E-state index in [9.17, 15) is 9.59 Å². The molecule has 0 aliphatic carbocycles. The molecule has 0 aliphatic rings. The van der Waals surface area contributed by atoms with Crippen LogP contribution in [-0.2, 0) is 4.79 Å². The van der Waals surface area contributed by atoms with Crippen molar-refractivity contribution in [2.45, 2.75) is 13.0 Å². The van der Waals surface area contributed by atoms with Gasteiger partial charge in [-0.05, 0) is 31.2 Å². The molecule has 3 N–H and O–H groups in total. The minimum atomic E-state index is -0.610. The molecule has 0 bridgehead atoms. The summed E-state index contributed by atoms with van der Waals surface area (Å²) < 4.78 is 0. The molecule has 0 radical (unpaired) electrons. The van der Waals surface area contributed by atoms with Gasteiger partial charge in [0.25, 0.3) is 5.91 Å². The summed E-state index contributed by atoms with van der Waals surface area (Å²) in [6.07, 6.45) is -0.610. The van der Waals surface area contributed by atoms with Crippen molar-refractivity contribution in [1.82, 2.24) is 10.6 Å².